The zero-order valence-electron chi connectivity index (χ0n) is 16.2. The zero-order chi connectivity index (χ0) is 21.1. The van der Waals surface area contributed by atoms with Crippen LogP contribution in [0.5, 0.6) is 11.5 Å². The van der Waals surface area contributed by atoms with Crippen molar-refractivity contribution in [3.63, 3.8) is 0 Å². The van der Waals surface area contributed by atoms with Crippen LogP contribution in [0.4, 0.5) is 0 Å². The number of rotatable bonds is 2. The number of nitrogens with zero attached hydrogens (tertiary/aromatic N) is 5. The predicted octanol–water partition coefficient (Wildman–Crippen LogP) is 3.79. The molecule has 0 radical (unpaired) electrons. The van der Waals surface area contributed by atoms with Crippen molar-refractivity contribution in [1.82, 2.24) is 24.4 Å². The topological polar surface area (TPSA) is 83.5 Å². The van der Waals surface area contributed by atoms with E-state index in [-0.39, 0.29) is 17.9 Å². The minimum Gasteiger partial charge on any atom is -0.454 e. The first-order chi connectivity index (χ1) is 15.1. The van der Waals surface area contributed by atoms with E-state index in [0.29, 0.717) is 33.4 Å². The summed E-state index contributed by atoms with van der Waals surface area (Å²) in [6, 6.07) is 14.6. The molecule has 1 aliphatic rings. The van der Waals surface area contributed by atoms with Gasteiger partial charge in [-0.1, -0.05) is 23.7 Å². The van der Waals surface area contributed by atoms with Crippen LogP contribution in [0.25, 0.3) is 33.5 Å². The lowest BCUT2D eigenvalue weighted by Gasteiger charge is -2.08. The van der Waals surface area contributed by atoms with Crippen molar-refractivity contribution >= 4 is 28.3 Å². The van der Waals surface area contributed by atoms with Gasteiger partial charge in [0.05, 0.1) is 16.9 Å². The van der Waals surface area contributed by atoms with Gasteiger partial charge >= 0.3 is 0 Å². The number of hydrogen-bond donors (Lipinski definition) is 0. The molecule has 152 valence electrons. The summed E-state index contributed by atoms with van der Waals surface area (Å²) in [5.41, 5.74) is 4.18. The van der Waals surface area contributed by atoms with E-state index in [9.17, 15) is 4.79 Å². The van der Waals surface area contributed by atoms with Crippen LogP contribution in [0.15, 0.2) is 59.5 Å². The van der Waals surface area contributed by atoms with Crippen molar-refractivity contribution in [3.05, 3.63) is 75.8 Å². The number of benzene rings is 2. The lowest BCUT2D eigenvalue weighted by atomic mass is 10.1. The quantitative estimate of drug-likeness (QED) is 0.423. The molecule has 0 bridgehead atoms. The van der Waals surface area contributed by atoms with Crippen LogP contribution in [-0.4, -0.2) is 31.2 Å². The van der Waals surface area contributed by atoms with E-state index in [1.807, 2.05) is 31.2 Å². The molecular formula is C22H14ClN5O3. The number of aromatic nitrogens is 5. The third-order valence-electron chi connectivity index (χ3n) is 5.30. The molecule has 8 nitrogen and oxygen atoms in total. The molecule has 0 spiro atoms. The average molecular weight is 432 g/mol. The van der Waals surface area contributed by atoms with Crippen molar-refractivity contribution in [2.75, 3.05) is 6.79 Å². The van der Waals surface area contributed by atoms with Gasteiger partial charge < -0.3 is 9.47 Å². The number of pyridine rings is 1. The van der Waals surface area contributed by atoms with Gasteiger partial charge in [0.25, 0.3) is 5.56 Å². The van der Waals surface area contributed by atoms with Gasteiger partial charge in [-0.2, -0.15) is 5.10 Å². The Kier molecular flexibility index (Phi) is 3.78. The number of halogens is 1. The van der Waals surface area contributed by atoms with Gasteiger partial charge in [-0.25, -0.2) is 4.52 Å². The van der Waals surface area contributed by atoms with Crippen LogP contribution in [-0.2, 0) is 0 Å². The Balaban J connectivity index is 1.56. The maximum absolute atomic E-state index is 13.2. The Hall–Kier alpha value is -3.91. The molecule has 5 aromatic rings. The monoisotopic (exact) mass is 431 g/mol. The van der Waals surface area contributed by atoms with E-state index in [1.54, 1.807) is 35.0 Å². The van der Waals surface area contributed by atoms with Crippen LogP contribution in [0.3, 0.4) is 0 Å². The minimum absolute atomic E-state index is 0.169. The largest absolute Gasteiger partial charge is 0.454 e. The smallest absolute Gasteiger partial charge is 0.285 e. The Morgan fingerprint density at radius 2 is 1.90 bits per heavy atom. The van der Waals surface area contributed by atoms with Crippen LogP contribution >= 0.6 is 11.6 Å². The molecule has 0 unspecified atom stereocenters. The molecule has 4 heterocycles. The summed E-state index contributed by atoms with van der Waals surface area (Å²) >= 11 is 6.17. The molecule has 3 aromatic heterocycles. The second kappa shape index (κ2) is 6.55. The fourth-order valence-corrected chi connectivity index (χ4v) is 4.06. The van der Waals surface area contributed by atoms with Gasteiger partial charge in [-0.05, 0) is 42.8 Å². The van der Waals surface area contributed by atoms with Gasteiger partial charge in [-0.3, -0.25) is 9.36 Å². The summed E-state index contributed by atoms with van der Waals surface area (Å²) in [5.74, 6) is 1.25. The first-order valence-corrected chi connectivity index (χ1v) is 9.91. The van der Waals surface area contributed by atoms with Gasteiger partial charge in [0, 0.05) is 17.3 Å². The number of hydrogen-bond acceptors (Lipinski definition) is 6. The standard InChI is InChI=1S/C22H14ClN5O3/c1-12-19(13-3-2-4-14(23)9-13)21-25-24-20-16(28(21)26-12)7-8-27(22(20)29)15-5-6-17-18(10-15)31-11-30-17/h2-10H,11H2,1H3. The number of fused-ring (bicyclic) bond motifs is 4. The second-order valence-corrected chi connectivity index (χ2v) is 7.60. The number of ether oxygens (including phenoxy) is 2. The van der Waals surface area contributed by atoms with E-state index in [4.69, 9.17) is 21.1 Å². The molecule has 9 heteroatoms. The fourth-order valence-electron chi connectivity index (χ4n) is 3.87. The average Bonchev–Trinajstić information content (AvgIpc) is 3.37. The van der Waals surface area contributed by atoms with Gasteiger partial charge in [0.1, 0.15) is 5.52 Å². The summed E-state index contributed by atoms with van der Waals surface area (Å²) < 4.78 is 13.9. The van der Waals surface area contributed by atoms with E-state index in [1.165, 1.54) is 4.57 Å². The SMILES string of the molecule is Cc1nn2c(nnc3c(=O)n(-c4ccc5c(c4)OCO5)ccc32)c1-c1cccc(Cl)c1. The van der Waals surface area contributed by atoms with E-state index in [2.05, 4.69) is 15.3 Å². The maximum Gasteiger partial charge on any atom is 0.285 e. The summed E-state index contributed by atoms with van der Waals surface area (Å²) in [5, 5.41) is 13.8. The van der Waals surface area contributed by atoms with Crippen molar-refractivity contribution in [1.29, 1.82) is 0 Å². The minimum atomic E-state index is -0.303. The molecule has 0 atom stereocenters. The molecule has 0 saturated heterocycles. The third-order valence-corrected chi connectivity index (χ3v) is 5.54. The second-order valence-electron chi connectivity index (χ2n) is 7.17. The third kappa shape index (κ3) is 2.69. The molecule has 6 rings (SSSR count). The zero-order valence-corrected chi connectivity index (χ0v) is 17.0. The van der Waals surface area contributed by atoms with Crippen molar-refractivity contribution in [2.24, 2.45) is 0 Å². The highest BCUT2D eigenvalue weighted by Crippen LogP contribution is 2.33. The molecular weight excluding hydrogens is 418 g/mol. The van der Waals surface area contributed by atoms with Crippen LogP contribution < -0.4 is 15.0 Å². The molecule has 0 amide bonds. The molecule has 0 N–H and O–H groups in total. The van der Waals surface area contributed by atoms with Crippen molar-refractivity contribution in [3.8, 4) is 28.3 Å². The van der Waals surface area contributed by atoms with E-state index < -0.39 is 0 Å². The van der Waals surface area contributed by atoms with Crippen molar-refractivity contribution < 1.29 is 9.47 Å². The van der Waals surface area contributed by atoms with Crippen LogP contribution in [0.2, 0.25) is 5.02 Å². The van der Waals surface area contributed by atoms with Gasteiger partial charge in [-0.15, -0.1) is 10.2 Å². The van der Waals surface area contributed by atoms with Gasteiger partial charge in [0.15, 0.2) is 22.7 Å². The first-order valence-electron chi connectivity index (χ1n) is 9.53. The maximum atomic E-state index is 13.2. The highest BCUT2D eigenvalue weighted by Gasteiger charge is 2.19. The normalized spacial score (nSPS) is 12.7. The highest BCUT2D eigenvalue weighted by atomic mass is 35.5. The Bertz CT molecular complexity index is 1570. The predicted molar refractivity (Wildman–Crippen MR) is 115 cm³/mol. The summed E-state index contributed by atoms with van der Waals surface area (Å²) in [6.07, 6.45) is 1.69. The summed E-state index contributed by atoms with van der Waals surface area (Å²) in [6.45, 7) is 2.06. The molecule has 0 saturated carbocycles. The van der Waals surface area contributed by atoms with Crippen LogP contribution in [0.1, 0.15) is 5.69 Å². The molecule has 31 heavy (non-hydrogen) atoms. The molecule has 2 aromatic carbocycles. The molecule has 1 aliphatic heterocycles. The lowest BCUT2D eigenvalue weighted by Crippen LogP contribution is -2.20. The summed E-state index contributed by atoms with van der Waals surface area (Å²) in [4.78, 5) is 13.2. The Morgan fingerprint density at radius 3 is 2.77 bits per heavy atom. The molecule has 0 aliphatic carbocycles. The molecule has 0 fully saturated rings. The van der Waals surface area contributed by atoms with Gasteiger partial charge in [0.2, 0.25) is 6.79 Å². The summed E-state index contributed by atoms with van der Waals surface area (Å²) in [7, 11) is 0. The van der Waals surface area contributed by atoms with Crippen LogP contribution in [0, 0.1) is 6.92 Å². The highest BCUT2D eigenvalue weighted by molar-refractivity contribution is 6.30. The Morgan fingerprint density at radius 1 is 1.03 bits per heavy atom. The lowest BCUT2D eigenvalue weighted by molar-refractivity contribution is 0.174. The van der Waals surface area contributed by atoms with Crippen molar-refractivity contribution in [2.45, 2.75) is 6.92 Å². The van der Waals surface area contributed by atoms with E-state index >= 15 is 0 Å². The first kappa shape index (κ1) is 17.9. The number of aryl methyl sites for hydroxylation is 1. The van der Waals surface area contributed by atoms with E-state index in [0.717, 1.165) is 16.8 Å². The fraction of sp³-hybridized carbons (Fsp3) is 0.0909. The Labute approximate surface area is 180 Å².